The molecule has 1 aliphatic rings. The molecule has 4 heteroatoms. The van der Waals surface area contributed by atoms with E-state index in [4.69, 9.17) is 16.3 Å². The van der Waals surface area contributed by atoms with Crippen LogP contribution in [0.3, 0.4) is 0 Å². The first-order valence-corrected chi connectivity index (χ1v) is 7.17. The van der Waals surface area contributed by atoms with Crippen molar-refractivity contribution in [3.8, 4) is 0 Å². The molecule has 1 aliphatic heterocycles. The van der Waals surface area contributed by atoms with Crippen molar-refractivity contribution in [3.63, 3.8) is 0 Å². The predicted octanol–water partition coefficient (Wildman–Crippen LogP) is 3.80. The topological polar surface area (TPSA) is 12.5 Å². The maximum Gasteiger partial charge on any atom is 0.0726 e. The molecule has 0 radical (unpaired) electrons. The van der Waals surface area contributed by atoms with Crippen LogP contribution in [0, 0.1) is 0 Å². The van der Waals surface area contributed by atoms with Gasteiger partial charge < -0.3 is 9.64 Å². The van der Waals surface area contributed by atoms with Gasteiger partial charge in [-0.3, -0.25) is 0 Å². The molecular formula is C13H17BrClNO. The molecule has 94 valence electrons. The molecule has 1 aromatic carbocycles. The van der Waals surface area contributed by atoms with Gasteiger partial charge in [-0.2, -0.15) is 0 Å². The quantitative estimate of drug-likeness (QED) is 0.769. The van der Waals surface area contributed by atoms with Gasteiger partial charge in [0, 0.05) is 29.1 Å². The largest absolute Gasteiger partial charge is 0.372 e. The van der Waals surface area contributed by atoms with Crippen molar-refractivity contribution >= 4 is 33.2 Å². The highest BCUT2D eigenvalue weighted by Gasteiger charge is 2.23. The molecule has 0 aliphatic carbocycles. The molecular weight excluding hydrogens is 302 g/mol. The first-order valence-electron chi connectivity index (χ1n) is 5.85. The van der Waals surface area contributed by atoms with Gasteiger partial charge in [0.15, 0.2) is 0 Å². The minimum atomic E-state index is 0.265. The summed E-state index contributed by atoms with van der Waals surface area (Å²) in [6.45, 7) is 6.07. The fourth-order valence-corrected chi connectivity index (χ4v) is 2.89. The van der Waals surface area contributed by atoms with E-state index >= 15 is 0 Å². The van der Waals surface area contributed by atoms with Gasteiger partial charge >= 0.3 is 0 Å². The van der Waals surface area contributed by atoms with Crippen molar-refractivity contribution in [3.05, 3.63) is 28.2 Å². The molecule has 0 bridgehead atoms. The Labute approximate surface area is 116 Å². The maximum atomic E-state index is 6.00. The van der Waals surface area contributed by atoms with Crippen LogP contribution in [0.4, 0.5) is 5.69 Å². The lowest BCUT2D eigenvalue weighted by atomic mass is 10.1. The summed E-state index contributed by atoms with van der Waals surface area (Å²) < 4.78 is 6.85. The highest BCUT2D eigenvalue weighted by Crippen LogP contribution is 2.28. The summed E-state index contributed by atoms with van der Waals surface area (Å²) in [5, 5.41) is 0. The van der Waals surface area contributed by atoms with E-state index in [0.717, 1.165) is 17.6 Å². The Morgan fingerprint density at radius 3 is 2.59 bits per heavy atom. The van der Waals surface area contributed by atoms with Crippen molar-refractivity contribution in [2.45, 2.75) is 31.9 Å². The zero-order chi connectivity index (χ0) is 12.4. The van der Waals surface area contributed by atoms with Gasteiger partial charge in [0.1, 0.15) is 0 Å². The second kappa shape index (κ2) is 5.59. The lowest BCUT2D eigenvalue weighted by Gasteiger charge is -2.37. The van der Waals surface area contributed by atoms with Crippen molar-refractivity contribution < 1.29 is 4.74 Å². The lowest BCUT2D eigenvalue weighted by molar-refractivity contribution is -0.00525. The van der Waals surface area contributed by atoms with Crippen LogP contribution in [-0.4, -0.2) is 25.3 Å². The molecule has 0 amide bonds. The van der Waals surface area contributed by atoms with Gasteiger partial charge in [0.25, 0.3) is 0 Å². The van der Waals surface area contributed by atoms with Gasteiger partial charge in [0.05, 0.1) is 12.2 Å². The molecule has 2 rings (SSSR count). The van der Waals surface area contributed by atoms with E-state index in [2.05, 4.69) is 46.8 Å². The summed E-state index contributed by atoms with van der Waals surface area (Å²) in [6.07, 6.45) is 0.529. The Balaban J connectivity index is 2.28. The van der Waals surface area contributed by atoms with E-state index in [1.54, 1.807) is 0 Å². The van der Waals surface area contributed by atoms with E-state index in [1.807, 2.05) is 6.07 Å². The highest BCUT2D eigenvalue weighted by molar-refractivity contribution is 9.10. The number of alkyl halides is 1. The van der Waals surface area contributed by atoms with Gasteiger partial charge in [-0.05, 0) is 31.5 Å². The van der Waals surface area contributed by atoms with Crippen LogP contribution in [0.25, 0.3) is 0 Å². The number of ether oxygens (including phenoxy) is 1. The minimum absolute atomic E-state index is 0.265. The van der Waals surface area contributed by atoms with Gasteiger partial charge in [-0.25, -0.2) is 0 Å². The van der Waals surface area contributed by atoms with E-state index in [1.165, 1.54) is 11.3 Å². The average molecular weight is 319 g/mol. The molecule has 1 aromatic rings. The van der Waals surface area contributed by atoms with Crippen LogP contribution < -0.4 is 4.90 Å². The molecule has 1 saturated heterocycles. The van der Waals surface area contributed by atoms with Crippen LogP contribution in [0.5, 0.6) is 0 Å². The van der Waals surface area contributed by atoms with Gasteiger partial charge in [-0.1, -0.05) is 22.0 Å². The summed E-state index contributed by atoms with van der Waals surface area (Å²) in [7, 11) is 0. The Morgan fingerprint density at radius 1 is 1.35 bits per heavy atom. The lowest BCUT2D eigenvalue weighted by Crippen LogP contribution is -2.45. The maximum absolute atomic E-state index is 6.00. The average Bonchev–Trinajstić information content (AvgIpc) is 2.27. The van der Waals surface area contributed by atoms with Crippen LogP contribution >= 0.6 is 27.5 Å². The summed E-state index contributed by atoms with van der Waals surface area (Å²) in [5.74, 6) is 0.544. The fraction of sp³-hybridized carbons (Fsp3) is 0.538. The van der Waals surface area contributed by atoms with Crippen molar-refractivity contribution in [1.29, 1.82) is 0 Å². The van der Waals surface area contributed by atoms with E-state index in [-0.39, 0.29) is 12.2 Å². The third-order valence-electron chi connectivity index (χ3n) is 2.95. The summed E-state index contributed by atoms with van der Waals surface area (Å²) in [6, 6.07) is 6.26. The second-order valence-electron chi connectivity index (χ2n) is 4.57. The molecule has 0 N–H and O–H groups in total. The standard InChI is InChI=1S/C13H17BrClNO/c1-9-7-16(8-10(2)17-9)13-5-12(14)4-3-11(13)6-15/h3-5,9-10H,6-8H2,1-2H3/t9-,10+. The van der Waals surface area contributed by atoms with Crippen molar-refractivity contribution in [2.24, 2.45) is 0 Å². The molecule has 17 heavy (non-hydrogen) atoms. The monoisotopic (exact) mass is 317 g/mol. The number of anilines is 1. The van der Waals surface area contributed by atoms with Crippen LogP contribution in [0.15, 0.2) is 22.7 Å². The molecule has 1 fully saturated rings. The SMILES string of the molecule is C[C@@H]1CN(c2cc(Br)ccc2CCl)C[C@H](C)O1. The van der Waals surface area contributed by atoms with Crippen LogP contribution in [0.1, 0.15) is 19.4 Å². The Bertz CT molecular complexity index is 389. The molecule has 0 aromatic heterocycles. The minimum Gasteiger partial charge on any atom is -0.372 e. The molecule has 1 heterocycles. The van der Waals surface area contributed by atoms with Gasteiger partial charge in [-0.15, -0.1) is 11.6 Å². The fourth-order valence-electron chi connectivity index (χ4n) is 2.32. The Morgan fingerprint density at radius 2 is 2.00 bits per heavy atom. The number of morpholine rings is 1. The molecule has 0 unspecified atom stereocenters. The summed E-state index contributed by atoms with van der Waals surface area (Å²) in [5.41, 5.74) is 2.40. The van der Waals surface area contributed by atoms with E-state index in [0.29, 0.717) is 5.88 Å². The third kappa shape index (κ3) is 3.15. The zero-order valence-electron chi connectivity index (χ0n) is 10.1. The summed E-state index contributed by atoms with van der Waals surface area (Å²) in [4.78, 5) is 2.36. The van der Waals surface area contributed by atoms with Crippen molar-refractivity contribution in [2.75, 3.05) is 18.0 Å². The van der Waals surface area contributed by atoms with Crippen LogP contribution in [0.2, 0.25) is 0 Å². The third-order valence-corrected chi connectivity index (χ3v) is 3.73. The Hall–Kier alpha value is -0.250. The second-order valence-corrected chi connectivity index (χ2v) is 5.75. The number of halogens is 2. The number of nitrogens with zero attached hydrogens (tertiary/aromatic N) is 1. The number of benzene rings is 1. The van der Waals surface area contributed by atoms with Gasteiger partial charge in [0.2, 0.25) is 0 Å². The molecule has 2 nitrogen and oxygen atoms in total. The van der Waals surface area contributed by atoms with E-state index in [9.17, 15) is 0 Å². The van der Waals surface area contributed by atoms with Crippen LogP contribution in [-0.2, 0) is 10.6 Å². The normalized spacial score (nSPS) is 25.1. The molecule has 2 atom stereocenters. The Kier molecular flexibility index (Phi) is 4.34. The number of hydrogen-bond acceptors (Lipinski definition) is 2. The summed E-state index contributed by atoms with van der Waals surface area (Å²) >= 11 is 9.52. The first-order chi connectivity index (χ1) is 8.10. The number of rotatable bonds is 2. The van der Waals surface area contributed by atoms with Crippen molar-refractivity contribution in [1.82, 2.24) is 0 Å². The van der Waals surface area contributed by atoms with E-state index < -0.39 is 0 Å². The predicted molar refractivity (Wildman–Crippen MR) is 75.9 cm³/mol. The smallest absolute Gasteiger partial charge is 0.0726 e. The zero-order valence-corrected chi connectivity index (χ0v) is 12.5. The number of hydrogen-bond donors (Lipinski definition) is 0. The molecule has 0 saturated carbocycles. The first kappa shape index (κ1) is 13.2. The highest BCUT2D eigenvalue weighted by atomic mass is 79.9. The molecule has 0 spiro atoms.